The number of nitrogens with one attached hydrogen (secondary N) is 2. The van der Waals surface area contributed by atoms with E-state index in [2.05, 4.69) is 25.7 Å². The first kappa shape index (κ1) is 24.3. The van der Waals surface area contributed by atoms with Gasteiger partial charge in [0.05, 0.1) is 32.7 Å². The van der Waals surface area contributed by atoms with Gasteiger partial charge in [0.1, 0.15) is 12.1 Å². The van der Waals surface area contributed by atoms with E-state index in [1.807, 2.05) is 19.9 Å². The van der Waals surface area contributed by atoms with E-state index in [1.54, 1.807) is 47.1 Å². The van der Waals surface area contributed by atoms with Gasteiger partial charge in [-0.25, -0.2) is 19.4 Å². The maximum atomic E-state index is 12.5. The molecule has 0 bridgehead atoms. The van der Waals surface area contributed by atoms with Crippen LogP contribution in [0.15, 0.2) is 54.9 Å². The number of benzene rings is 2. The fourth-order valence-corrected chi connectivity index (χ4v) is 3.54. The predicted octanol–water partition coefficient (Wildman–Crippen LogP) is 4.74. The summed E-state index contributed by atoms with van der Waals surface area (Å²) in [7, 11) is 4.53. The maximum absolute atomic E-state index is 12.5. The van der Waals surface area contributed by atoms with Gasteiger partial charge in [-0.3, -0.25) is 0 Å². The summed E-state index contributed by atoms with van der Waals surface area (Å²) < 4.78 is 23.5. The van der Waals surface area contributed by atoms with Crippen LogP contribution in [0.4, 0.5) is 16.2 Å². The smallest absolute Gasteiger partial charge is 0.323 e. The zero-order valence-electron chi connectivity index (χ0n) is 20.5. The molecule has 2 N–H and O–H groups in total. The molecule has 0 saturated carbocycles. The molecular formula is C25H26N6O5. The molecule has 0 aliphatic carbocycles. The van der Waals surface area contributed by atoms with Crippen molar-refractivity contribution in [3.05, 3.63) is 66.2 Å². The molecule has 4 rings (SSSR count). The van der Waals surface area contributed by atoms with Crippen molar-refractivity contribution in [1.82, 2.24) is 19.7 Å². The Balaban J connectivity index is 1.41. The normalized spacial score (nSPS) is 10.5. The number of hydrogen-bond donors (Lipinski definition) is 2. The van der Waals surface area contributed by atoms with Crippen LogP contribution in [0.2, 0.25) is 0 Å². The summed E-state index contributed by atoms with van der Waals surface area (Å²) >= 11 is 0. The van der Waals surface area contributed by atoms with Gasteiger partial charge in [0, 0.05) is 29.6 Å². The van der Waals surface area contributed by atoms with Crippen LogP contribution in [0.25, 0.3) is 5.82 Å². The Morgan fingerprint density at radius 3 is 2.08 bits per heavy atom. The number of anilines is 2. The number of methoxy groups -OCH3 is 3. The molecule has 2 aromatic carbocycles. The number of rotatable bonds is 8. The van der Waals surface area contributed by atoms with E-state index in [9.17, 15) is 4.79 Å². The minimum Gasteiger partial charge on any atom is -0.493 e. The van der Waals surface area contributed by atoms with E-state index in [1.165, 1.54) is 27.7 Å². The summed E-state index contributed by atoms with van der Waals surface area (Å²) in [5, 5.41) is 9.95. The first-order chi connectivity index (χ1) is 17.4. The lowest BCUT2D eigenvalue weighted by Crippen LogP contribution is -2.19. The van der Waals surface area contributed by atoms with E-state index >= 15 is 0 Å². The summed E-state index contributed by atoms with van der Waals surface area (Å²) in [5.74, 6) is 2.82. The highest BCUT2D eigenvalue weighted by atomic mass is 16.5. The minimum absolute atomic E-state index is 0.369. The quantitative estimate of drug-likeness (QED) is 0.363. The highest BCUT2D eigenvalue weighted by Gasteiger charge is 2.15. The zero-order valence-corrected chi connectivity index (χ0v) is 20.5. The molecule has 0 spiro atoms. The molecule has 0 unspecified atom stereocenters. The first-order valence-corrected chi connectivity index (χ1v) is 10.9. The molecule has 0 aliphatic heterocycles. The van der Waals surface area contributed by atoms with Crippen molar-refractivity contribution in [2.45, 2.75) is 13.8 Å². The lowest BCUT2D eigenvalue weighted by molar-refractivity contribution is 0.262. The van der Waals surface area contributed by atoms with Gasteiger partial charge in [0.2, 0.25) is 11.6 Å². The van der Waals surface area contributed by atoms with Crippen molar-refractivity contribution in [2.75, 3.05) is 32.0 Å². The van der Waals surface area contributed by atoms with Crippen molar-refractivity contribution in [3.63, 3.8) is 0 Å². The summed E-state index contributed by atoms with van der Waals surface area (Å²) in [6.07, 6.45) is 1.42. The highest BCUT2D eigenvalue weighted by molar-refractivity contribution is 6.00. The molecular weight excluding hydrogens is 464 g/mol. The second-order valence-electron chi connectivity index (χ2n) is 7.67. The Morgan fingerprint density at radius 1 is 0.833 bits per heavy atom. The molecule has 2 heterocycles. The second kappa shape index (κ2) is 10.6. The second-order valence-corrected chi connectivity index (χ2v) is 7.67. The van der Waals surface area contributed by atoms with Gasteiger partial charge in [-0.15, -0.1) is 0 Å². The number of ether oxygens (including phenoxy) is 4. The summed E-state index contributed by atoms with van der Waals surface area (Å²) in [6, 6.07) is 13.4. The van der Waals surface area contributed by atoms with Crippen molar-refractivity contribution in [1.29, 1.82) is 0 Å². The standard InChI is InChI=1S/C25H26N6O5/c1-15-10-16(2)31(30-15)22-13-23(27-14-26-22)36-19-8-6-17(7-9-19)28-25(32)29-18-11-20(33-3)24(35-5)21(12-18)34-4/h6-14H,1-5H3,(H2,28,29,32). The number of hydrogen-bond acceptors (Lipinski definition) is 8. The van der Waals surface area contributed by atoms with Gasteiger partial charge < -0.3 is 29.6 Å². The third-order valence-corrected chi connectivity index (χ3v) is 5.11. The molecule has 36 heavy (non-hydrogen) atoms. The molecule has 2 aromatic heterocycles. The summed E-state index contributed by atoms with van der Waals surface area (Å²) in [6.45, 7) is 3.87. The van der Waals surface area contributed by atoms with Gasteiger partial charge in [-0.05, 0) is 44.2 Å². The number of amides is 2. The van der Waals surface area contributed by atoms with Crippen LogP contribution in [-0.2, 0) is 0 Å². The van der Waals surface area contributed by atoms with Crippen LogP contribution >= 0.6 is 0 Å². The van der Waals surface area contributed by atoms with Gasteiger partial charge in [-0.2, -0.15) is 5.10 Å². The molecule has 186 valence electrons. The van der Waals surface area contributed by atoms with Crippen LogP contribution in [0.1, 0.15) is 11.4 Å². The monoisotopic (exact) mass is 490 g/mol. The lowest BCUT2D eigenvalue weighted by atomic mass is 10.2. The van der Waals surface area contributed by atoms with E-state index in [4.69, 9.17) is 18.9 Å². The summed E-state index contributed by atoms with van der Waals surface area (Å²) in [4.78, 5) is 21.0. The van der Waals surface area contributed by atoms with Gasteiger partial charge in [-0.1, -0.05) is 0 Å². The molecule has 0 radical (unpaired) electrons. The van der Waals surface area contributed by atoms with Crippen LogP contribution in [-0.4, -0.2) is 47.1 Å². The Bertz CT molecular complexity index is 1340. The van der Waals surface area contributed by atoms with E-state index in [0.29, 0.717) is 46.1 Å². The lowest BCUT2D eigenvalue weighted by Gasteiger charge is -2.15. The Morgan fingerprint density at radius 2 is 1.50 bits per heavy atom. The van der Waals surface area contributed by atoms with Crippen LogP contribution < -0.4 is 29.6 Å². The number of aryl methyl sites for hydroxylation is 2. The SMILES string of the molecule is COc1cc(NC(=O)Nc2ccc(Oc3cc(-n4nc(C)cc4C)ncn3)cc2)cc(OC)c1OC. The molecule has 2 amide bonds. The number of carbonyl (C=O) groups is 1. The number of urea groups is 1. The fourth-order valence-electron chi connectivity index (χ4n) is 3.54. The number of nitrogens with zero attached hydrogens (tertiary/aromatic N) is 4. The number of carbonyl (C=O) groups excluding carboxylic acids is 1. The average Bonchev–Trinajstić information content (AvgIpc) is 3.22. The Labute approximate surface area is 208 Å². The third kappa shape index (κ3) is 5.46. The predicted molar refractivity (Wildman–Crippen MR) is 134 cm³/mol. The zero-order chi connectivity index (χ0) is 25.7. The molecule has 0 saturated heterocycles. The Hall–Kier alpha value is -4.80. The fraction of sp³-hybridized carbons (Fsp3) is 0.200. The Kier molecular flexibility index (Phi) is 7.19. The highest BCUT2D eigenvalue weighted by Crippen LogP contribution is 2.40. The van der Waals surface area contributed by atoms with E-state index < -0.39 is 6.03 Å². The van der Waals surface area contributed by atoms with Gasteiger partial charge >= 0.3 is 6.03 Å². The largest absolute Gasteiger partial charge is 0.493 e. The van der Waals surface area contributed by atoms with Crippen molar-refractivity contribution in [2.24, 2.45) is 0 Å². The van der Waals surface area contributed by atoms with Gasteiger partial charge in [0.25, 0.3) is 0 Å². The average molecular weight is 491 g/mol. The minimum atomic E-state index is -0.441. The van der Waals surface area contributed by atoms with E-state index in [-0.39, 0.29) is 0 Å². The van der Waals surface area contributed by atoms with Crippen molar-refractivity contribution >= 4 is 17.4 Å². The summed E-state index contributed by atoms with van der Waals surface area (Å²) in [5.41, 5.74) is 2.89. The van der Waals surface area contributed by atoms with Crippen LogP contribution in [0.3, 0.4) is 0 Å². The molecule has 4 aromatic rings. The molecule has 0 atom stereocenters. The molecule has 0 aliphatic rings. The van der Waals surface area contributed by atoms with Crippen molar-refractivity contribution in [3.8, 4) is 34.7 Å². The molecule has 0 fully saturated rings. The van der Waals surface area contributed by atoms with Gasteiger partial charge in [0.15, 0.2) is 17.3 Å². The third-order valence-electron chi connectivity index (χ3n) is 5.11. The molecule has 11 nitrogen and oxygen atoms in total. The van der Waals surface area contributed by atoms with E-state index in [0.717, 1.165) is 11.4 Å². The first-order valence-electron chi connectivity index (χ1n) is 10.9. The van der Waals surface area contributed by atoms with Crippen LogP contribution in [0, 0.1) is 13.8 Å². The topological polar surface area (TPSA) is 122 Å². The maximum Gasteiger partial charge on any atom is 0.323 e. The molecule has 11 heteroatoms. The van der Waals surface area contributed by atoms with Crippen LogP contribution in [0.5, 0.6) is 28.9 Å². The number of aromatic nitrogens is 4. The van der Waals surface area contributed by atoms with Crippen molar-refractivity contribution < 1.29 is 23.7 Å².